The maximum Gasteiger partial charge on any atom is 0.257 e. The quantitative estimate of drug-likeness (QED) is 0.627. The van der Waals surface area contributed by atoms with E-state index >= 15 is 0 Å². The van der Waals surface area contributed by atoms with Gasteiger partial charge in [-0.1, -0.05) is 18.2 Å². The van der Waals surface area contributed by atoms with Gasteiger partial charge in [-0.25, -0.2) is 0 Å². The molecular weight excluding hydrogens is 408 g/mol. The molecular formula is C23H26N6O3. The number of aryl methyl sites for hydroxylation is 2. The van der Waals surface area contributed by atoms with Crippen LogP contribution in [0, 0.1) is 12.3 Å². The Labute approximate surface area is 186 Å². The Kier molecular flexibility index (Phi) is 5.03. The van der Waals surface area contributed by atoms with E-state index in [9.17, 15) is 9.59 Å². The van der Waals surface area contributed by atoms with Gasteiger partial charge in [-0.3, -0.25) is 14.3 Å². The molecule has 1 spiro atoms. The van der Waals surface area contributed by atoms with Gasteiger partial charge < -0.3 is 14.2 Å². The number of carbonyl (C=O) groups is 2. The molecule has 2 aliphatic rings. The Bertz CT molecular complexity index is 1130. The van der Waals surface area contributed by atoms with Gasteiger partial charge in [0.1, 0.15) is 0 Å². The number of nitrogens with zero attached hydrogens (tertiary/aromatic N) is 6. The van der Waals surface area contributed by atoms with Crippen molar-refractivity contribution in [1.82, 2.24) is 29.8 Å². The number of benzene rings is 1. The Morgan fingerprint density at radius 2 is 1.75 bits per heavy atom. The van der Waals surface area contributed by atoms with Crippen LogP contribution >= 0.6 is 0 Å². The summed E-state index contributed by atoms with van der Waals surface area (Å²) in [5, 5.41) is 12.5. The molecule has 32 heavy (non-hydrogen) atoms. The van der Waals surface area contributed by atoms with Gasteiger partial charge in [0.25, 0.3) is 11.8 Å². The van der Waals surface area contributed by atoms with Crippen LogP contribution < -0.4 is 0 Å². The molecule has 166 valence electrons. The number of likely N-dealkylation sites (tertiary alicyclic amines) is 2. The van der Waals surface area contributed by atoms with Gasteiger partial charge in [0.05, 0.1) is 17.7 Å². The van der Waals surface area contributed by atoms with Crippen molar-refractivity contribution in [2.75, 3.05) is 26.2 Å². The zero-order valence-corrected chi connectivity index (χ0v) is 18.3. The number of amides is 2. The number of carbonyl (C=O) groups excluding carboxylic acids is 2. The number of aromatic nitrogens is 4. The summed E-state index contributed by atoms with van der Waals surface area (Å²) in [6, 6.07) is 9.36. The number of hydrogen-bond donors (Lipinski definition) is 0. The summed E-state index contributed by atoms with van der Waals surface area (Å²) in [5.74, 6) is 1.04. The van der Waals surface area contributed by atoms with E-state index in [0.29, 0.717) is 49.1 Å². The van der Waals surface area contributed by atoms with Crippen molar-refractivity contribution in [3.63, 3.8) is 0 Å². The van der Waals surface area contributed by atoms with E-state index in [0.717, 1.165) is 12.8 Å². The Morgan fingerprint density at radius 3 is 2.38 bits per heavy atom. The third-order valence-corrected chi connectivity index (χ3v) is 6.79. The molecule has 3 aromatic rings. The second-order valence-corrected chi connectivity index (χ2v) is 8.82. The number of piperidine rings is 1. The fourth-order valence-corrected chi connectivity index (χ4v) is 5.06. The molecule has 2 saturated heterocycles. The molecule has 1 atom stereocenters. The first kappa shape index (κ1) is 20.4. The zero-order valence-electron chi connectivity index (χ0n) is 18.3. The fraction of sp³-hybridized carbons (Fsp3) is 0.435. The van der Waals surface area contributed by atoms with E-state index in [1.807, 2.05) is 40.1 Å². The minimum Gasteiger partial charge on any atom is -0.425 e. The first-order valence-corrected chi connectivity index (χ1v) is 10.9. The number of rotatable bonds is 3. The summed E-state index contributed by atoms with van der Waals surface area (Å²) in [5.41, 5.74) is 1.07. The Morgan fingerprint density at radius 1 is 1.03 bits per heavy atom. The zero-order chi connectivity index (χ0) is 22.3. The van der Waals surface area contributed by atoms with Crippen molar-refractivity contribution in [1.29, 1.82) is 0 Å². The summed E-state index contributed by atoms with van der Waals surface area (Å²) >= 11 is 0. The smallest absolute Gasteiger partial charge is 0.257 e. The molecule has 2 aliphatic heterocycles. The lowest BCUT2D eigenvalue weighted by Gasteiger charge is -2.41. The van der Waals surface area contributed by atoms with Gasteiger partial charge in [0, 0.05) is 57.3 Å². The average molecular weight is 435 g/mol. The molecule has 1 unspecified atom stereocenters. The van der Waals surface area contributed by atoms with Gasteiger partial charge in [-0.15, -0.1) is 10.2 Å². The third-order valence-electron chi connectivity index (χ3n) is 6.79. The average Bonchev–Trinajstić information content (AvgIpc) is 3.53. The molecule has 2 amide bonds. The van der Waals surface area contributed by atoms with Gasteiger partial charge >= 0.3 is 0 Å². The van der Waals surface area contributed by atoms with Crippen LogP contribution in [0.4, 0.5) is 0 Å². The lowest BCUT2D eigenvalue weighted by molar-refractivity contribution is 0.0529. The highest BCUT2D eigenvalue weighted by molar-refractivity contribution is 5.94. The summed E-state index contributed by atoms with van der Waals surface area (Å²) in [4.78, 5) is 29.9. The highest BCUT2D eigenvalue weighted by Crippen LogP contribution is 2.49. The van der Waals surface area contributed by atoms with Crippen molar-refractivity contribution in [2.24, 2.45) is 12.5 Å². The second kappa shape index (κ2) is 7.89. The van der Waals surface area contributed by atoms with Crippen molar-refractivity contribution in [2.45, 2.75) is 25.7 Å². The topological polar surface area (TPSA) is 97.4 Å². The normalized spacial score (nSPS) is 20.1. The van der Waals surface area contributed by atoms with E-state index in [4.69, 9.17) is 4.42 Å². The van der Waals surface area contributed by atoms with Crippen LogP contribution in [0.5, 0.6) is 0 Å². The van der Waals surface area contributed by atoms with Crippen LogP contribution in [0.3, 0.4) is 0 Å². The third kappa shape index (κ3) is 3.57. The summed E-state index contributed by atoms with van der Waals surface area (Å²) in [6.07, 6.45) is 4.88. The molecule has 5 rings (SSSR count). The highest BCUT2D eigenvalue weighted by atomic mass is 16.4. The van der Waals surface area contributed by atoms with Gasteiger partial charge in [0.15, 0.2) is 0 Å². The Balaban J connectivity index is 1.38. The van der Waals surface area contributed by atoms with E-state index in [1.54, 1.807) is 31.0 Å². The molecule has 2 aromatic heterocycles. The standard InChI is InChI=1S/C23H26N6O3/c1-16-25-26-20(32-16)19-14-29(22(31)18-12-24-27(2)13-18)15-23(19)8-10-28(11-9-23)21(30)17-6-4-3-5-7-17/h3-7,12-13,19H,8-11,14-15H2,1-2H3. The number of hydrogen-bond acceptors (Lipinski definition) is 6. The van der Waals surface area contributed by atoms with Crippen LogP contribution in [-0.4, -0.2) is 67.8 Å². The van der Waals surface area contributed by atoms with Crippen LogP contribution in [0.25, 0.3) is 0 Å². The van der Waals surface area contributed by atoms with Gasteiger partial charge in [0.2, 0.25) is 11.8 Å². The molecule has 9 nitrogen and oxygen atoms in total. The molecule has 1 aromatic carbocycles. The van der Waals surface area contributed by atoms with Crippen LogP contribution in [0.2, 0.25) is 0 Å². The molecule has 0 bridgehead atoms. The molecule has 0 radical (unpaired) electrons. The van der Waals surface area contributed by atoms with Crippen molar-refractivity contribution in [3.8, 4) is 0 Å². The minimum atomic E-state index is -0.204. The minimum absolute atomic E-state index is 0.0426. The van der Waals surface area contributed by atoms with E-state index in [2.05, 4.69) is 15.3 Å². The van der Waals surface area contributed by atoms with E-state index < -0.39 is 0 Å². The van der Waals surface area contributed by atoms with Crippen molar-refractivity contribution < 1.29 is 14.0 Å². The highest BCUT2D eigenvalue weighted by Gasteiger charge is 2.52. The van der Waals surface area contributed by atoms with Gasteiger partial charge in [-0.05, 0) is 25.0 Å². The lowest BCUT2D eigenvalue weighted by atomic mass is 9.70. The molecule has 0 N–H and O–H groups in total. The SMILES string of the molecule is Cc1nnc(C2CN(C(=O)c3cnn(C)c3)CC23CCN(C(=O)c2ccccc2)CC3)o1. The predicted octanol–water partition coefficient (Wildman–Crippen LogP) is 2.27. The summed E-state index contributed by atoms with van der Waals surface area (Å²) in [7, 11) is 1.80. The summed E-state index contributed by atoms with van der Waals surface area (Å²) < 4.78 is 7.45. The van der Waals surface area contributed by atoms with Crippen LogP contribution in [0.1, 0.15) is 51.3 Å². The first-order valence-electron chi connectivity index (χ1n) is 10.9. The fourth-order valence-electron chi connectivity index (χ4n) is 5.06. The Hall–Kier alpha value is -3.49. The second-order valence-electron chi connectivity index (χ2n) is 8.82. The predicted molar refractivity (Wildman–Crippen MR) is 115 cm³/mol. The van der Waals surface area contributed by atoms with Crippen molar-refractivity contribution in [3.05, 3.63) is 65.6 Å². The molecule has 2 fully saturated rings. The van der Waals surface area contributed by atoms with E-state index in [1.165, 1.54) is 0 Å². The molecule has 0 saturated carbocycles. The van der Waals surface area contributed by atoms with Crippen LogP contribution in [0.15, 0.2) is 47.1 Å². The first-order chi connectivity index (χ1) is 15.4. The maximum atomic E-state index is 13.2. The molecule has 9 heteroatoms. The summed E-state index contributed by atoms with van der Waals surface area (Å²) in [6.45, 7) is 4.15. The maximum absolute atomic E-state index is 13.2. The lowest BCUT2D eigenvalue weighted by Crippen LogP contribution is -2.46. The van der Waals surface area contributed by atoms with E-state index in [-0.39, 0.29) is 23.1 Å². The molecule has 4 heterocycles. The van der Waals surface area contributed by atoms with Crippen LogP contribution in [-0.2, 0) is 7.05 Å². The largest absolute Gasteiger partial charge is 0.425 e. The monoisotopic (exact) mass is 434 g/mol. The van der Waals surface area contributed by atoms with Crippen molar-refractivity contribution >= 4 is 11.8 Å². The molecule has 0 aliphatic carbocycles. The van der Waals surface area contributed by atoms with Gasteiger partial charge in [-0.2, -0.15) is 5.10 Å².